The lowest BCUT2D eigenvalue weighted by atomic mass is 10.2. The SMILES string of the molecule is C/N=C(/C)NC(=N)c1ccncc1. The standard InChI is InChI=1S/C9H12N4/c1-7(11-2)13-9(10)8-3-5-12-6-4-8/h3-6H,1-2H3,(H2,10,11,13). The largest absolute Gasteiger partial charge is 0.329 e. The molecule has 0 saturated carbocycles. The van der Waals surface area contributed by atoms with Crippen molar-refractivity contribution in [2.75, 3.05) is 7.05 Å². The third-order valence-electron chi connectivity index (χ3n) is 1.61. The highest BCUT2D eigenvalue weighted by Gasteiger charge is 1.99. The van der Waals surface area contributed by atoms with E-state index in [0.717, 1.165) is 11.4 Å². The fourth-order valence-electron chi connectivity index (χ4n) is 0.828. The molecule has 1 heterocycles. The average Bonchev–Trinajstić information content (AvgIpc) is 2.19. The predicted octanol–water partition coefficient (Wildman–Crippen LogP) is 1.04. The Morgan fingerprint density at radius 3 is 2.62 bits per heavy atom. The van der Waals surface area contributed by atoms with E-state index in [2.05, 4.69) is 15.3 Å². The number of nitrogens with zero attached hydrogens (tertiary/aromatic N) is 2. The van der Waals surface area contributed by atoms with Gasteiger partial charge in [0.05, 0.1) is 5.84 Å². The monoisotopic (exact) mass is 176 g/mol. The third-order valence-corrected chi connectivity index (χ3v) is 1.61. The van der Waals surface area contributed by atoms with E-state index in [-0.39, 0.29) is 0 Å². The van der Waals surface area contributed by atoms with E-state index in [0.29, 0.717) is 5.84 Å². The predicted molar refractivity (Wildman–Crippen MR) is 53.2 cm³/mol. The quantitative estimate of drug-likeness (QED) is 0.496. The Morgan fingerprint density at radius 2 is 2.08 bits per heavy atom. The first-order valence-electron chi connectivity index (χ1n) is 3.93. The number of aliphatic imine (C=N–C) groups is 1. The number of aromatic nitrogens is 1. The maximum absolute atomic E-state index is 7.64. The minimum Gasteiger partial charge on any atom is -0.329 e. The number of rotatable bonds is 1. The maximum atomic E-state index is 7.64. The van der Waals surface area contributed by atoms with E-state index in [1.165, 1.54) is 0 Å². The Kier molecular flexibility index (Phi) is 3.14. The van der Waals surface area contributed by atoms with Gasteiger partial charge in [-0.05, 0) is 19.1 Å². The van der Waals surface area contributed by atoms with Gasteiger partial charge in [0, 0.05) is 25.0 Å². The van der Waals surface area contributed by atoms with Crippen molar-refractivity contribution in [1.29, 1.82) is 5.41 Å². The lowest BCUT2D eigenvalue weighted by Gasteiger charge is -2.05. The van der Waals surface area contributed by atoms with Crippen LogP contribution in [0.1, 0.15) is 12.5 Å². The van der Waals surface area contributed by atoms with Crippen LogP contribution in [0, 0.1) is 5.41 Å². The van der Waals surface area contributed by atoms with Crippen LogP contribution in [0.4, 0.5) is 0 Å². The molecule has 0 saturated heterocycles. The van der Waals surface area contributed by atoms with E-state index >= 15 is 0 Å². The van der Waals surface area contributed by atoms with Gasteiger partial charge in [-0.2, -0.15) is 0 Å². The Morgan fingerprint density at radius 1 is 1.46 bits per heavy atom. The summed E-state index contributed by atoms with van der Waals surface area (Å²) in [6, 6.07) is 3.55. The van der Waals surface area contributed by atoms with E-state index in [1.807, 2.05) is 6.92 Å². The number of nitrogens with one attached hydrogen (secondary N) is 2. The summed E-state index contributed by atoms with van der Waals surface area (Å²) in [6.45, 7) is 1.82. The molecule has 0 unspecified atom stereocenters. The van der Waals surface area contributed by atoms with Gasteiger partial charge in [0.15, 0.2) is 0 Å². The second kappa shape index (κ2) is 4.35. The highest BCUT2D eigenvalue weighted by Crippen LogP contribution is 1.94. The van der Waals surface area contributed by atoms with Gasteiger partial charge in [-0.25, -0.2) is 0 Å². The molecule has 0 aromatic carbocycles. The van der Waals surface area contributed by atoms with E-state index < -0.39 is 0 Å². The zero-order valence-corrected chi connectivity index (χ0v) is 7.70. The van der Waals surface area contributed by atoms with Gasteiger partial charge < -0.3 is 5.32 Å². The molecule has 0 atom stereocenters. The lowest BCUT2D eigenvalue weighted by Crippen LogP contribution is -2.28. The summed E-state index contributed by atoms with van der Waals surface area (Å²) in [5, 5.41) is 10.5. The highest BCUT2D eigenvalue weighted by atomic mass is 15.0. The van der Waals surface area contributed by atoms with Crippen LogP contribution in [0.5, 0.6) is 0 Å². The Bertz CT molecular complexity index is 316. The normalized spacial score (nSPS) is 11.1. The molecule has 0 aliphatic rings. The first kappa shape index (κ1) is 9.38. The lowest BCUT2D eigenvalue weighted by molar-refractivity contribution is 1.22. The molecule has 0 spiro atoms. The molecule has 0 radical (unpaired) electrons. The van der Waals surface area contributed by atoms with Gasteiger partial charge in [0.25, 0.3) is 0 Å². The highest BCUT2D eigenvalue weighted by molar-refractivity contribution is 6.06. The van der Waals surface area contributed by atoms with Crippen LogP contribution in [-0.2, 0) is 0 Å². The van der Waals surface area contributed by atoms with Crippen LogP contribution < -0.4 is 5.32 Å². The van der Waals surface area contributed by atoms with Crippen LogP contribution in [0.2, 0.25) is 0 Å². The van der Waals surface area contributed by atoms with Crippen LogP contribution in [0.15, 0.2) is 29.5 Å². The average molecular weight is 176 g/mol. The fraction of sp³-hybridized carbons (Fsp3) is 0.222. The van der Waals surface area contributed by atoms with E-state index in [9.17, 15) is 0 Å². The van der Waals surface area contributed by atoms with Crippen molar-refractivity contribution < 1.29 is 0 Å². The Hall–Kier alpha value is -1.71. The smallest absolute Gasteiger partial charge is 0.130 e. The number of amidine groups is 2. The molecule has 4 nitrogen and oxygen atoms in total. The maximum Gasteiger partial charge on any atom is 0.130 e. The van der Waals surface area contributed by atoms with Crippen molar-refractivity contribution in [3.63, 3.8) is 0 Å². The molecule has 0 aliphatic heterocycles. The zero-order valence-electron chi connectivity index (χ0n) is 7.70. The summed E-state index contributed by atoms with van der Waals surface area (Å²) in [6.07, 6.45) is 3.31. The first-order valence-corrected chi connectivity index (χ1v) is 3.93. The molecule has 1 rings (SSSR count). The van der Waals surface area contributed by atoms with Crippen LogP contribution in [0.3, 0.4) is 0 Å². The van der Waals surface area contributed by atoms with Gasteiger partial charge >= 0.3 is 0 Å². The molecule has 0 amide bonds. The van der Waals surface area contributed by atoms with Gasteiger partial charge in [-0.3, -0.25) is 15.4 Å². The molecule has 13 heavy (non-hydrogen) atoms. The van der Waals surface area contributed by atoms with Gasteiger partial charge in [0.1, 0.15) is 5.84 Å². The van der Waals surface area contributed by atoms with E-state index in [1.54, 1.807) is 31.6 Å². The molecule has 0 fully saturated rings. The summed E-state index contributed by atoms with van der Waals surface area (Å²) in [7, 11) is 1.68. The summed E-state index contributed by atoms with van der Waals surface area (Å²) in [5.41, 5.74) is 0.804. The van der Waals surface area contributed by atoms with Crippen LogP contribution in [-0.4, -0.2) is 23.7 Å². The molecular formula is C9H12N4. The minimum atomic E-state index is 0.338. The third kappa shape index (κ3) is 2.66. The number of hydrogen-bond donors (Lipinski definition) is 2. The topological polar surface area (TPSA) is 61.1 Å². The Labute approximate surface area is 77.2 Å². The first-order chi connectivity index (χ1) is 6.24. The van der Waals surface area contributed by atoms with Gasteiger partial charge in [-0.15, -0.1) is 0 Å². The van der Waals surface area contributed by atoms with Gasteiger partial charge in [0.2, 0.25) is 0 Å². The summed E-state index contributed by atoms with van der Waals surface area (Å²) < 4.78 is 0. The molecule has 0 aliphatic carbocycles. The summed E-state index contributed by atoms with van der Waals surface area (Å²) in [5.74, 6) is 1.06. The van der Waals surface area contributed by atoms with Crippen molar-refractivity contribution in [1.82, 2.24) is 10.3 Å². The van der Waals surface area contributed by atoms with Crippen molar-refractivity contribution in [3.05, 3.63) is 30.1 Å². The number of hydrogen-bond acceptors (Lipinski definition) is 3. The van der Waals surface area contributed by atoms with Crippen molar-refractivity contribution in [2.45, 2.75) is 6.92 Å². The molecule has 68 valence electrons. The van der Waals surface area contributed by atoms with Crippen molar-refractivity contribution in [3.8, 4) is 0 Å². The van der Waals surface area contributed by atoms with E-state index in [4.69, 9.17) is 5.41 Å². The molecule has 1 aromatic rings. The molecular weight excluding hydrogens is 164 g/mol. The van der Waals surface area contributed by atoms with Crippen molar-refractivity contribution >= 4 is 11.7 Å². The molecule has 2 N–H and O–H groups in total. The zero-order chi connectivity index (χ0) is 9.68. The molecule has 4 heteroatoms. The molecule has 0 bridgehead atoms. The minimum absolute atomic E-state index is 0.338. The Balaban J connectivity index is 2.70. The number of pyridine rings is 1. The van der Waals surface area contributed by atoms with Gasteiger partial charge in [-0.1, -0.05) is 0 Å². The second-order valence-electron chi connectivity index (χ2n) is 2.54. The van der Waals surface area contributed by atoms with Crippen molar-refractivity contribution in [2.24, 2.45) is 4.99 Å². The summed E-state index contributed by atoms with van der Waals surface area (Å²) in [4.78, 5) is 7.78. The second-order valence-corrected chi connectivity index (χ2v) is 2.54. The summed E-state index contributed by atoms with van der Waals surface area (Å²) >= 11 is 0. The molecule has 1 aromatic heterocycles. The fourth-order valence-corrected chi connectivity index (χ4v) is 0.828. The van der Waals surface area contributed by atoms with Crippen LogP contribution in [0.25, 0.3) is 0 Å². The van der Waals surface area contributed by atoms with Crippen LogP contribution >= 0.6 is 0 Å².